The van der Waals surface area contributed by atoms with Crippen LogP contribution < -0.4 is 5.32 Å². The number of esters is 1. The van der Waals surface area contributed by atoms with Gasteiger partial charge in [0.1, 0.15) is 5.25 Å². The summed E-state index contributed by atoms with van der Waals surface area (Å²) in [5.74, 6) is -0.152. The van der Waals surface area contributed by atoms with Crippen LogP contribution in [0.15, 0.2) is 17.0 Å². The number of rotatable bonds is 5. The average Bonchev–Trinajstić information content (AvgIpc) is 2.87. The molecular weight excluding hydrogens is 246 g/mol. The van der Waals surface area contributed by atoms with Gasteiger partial charge in [0.05, 0.1) is 6.61 Å². The van der Waals surface area contributed by atoms with Crippen molar-refractivity contribution in [2.45, 2.75) is 16.0 Å². The molecule has 0 aromatic carbocycles. The summed E-state index contributed by atoms with van der Waals surface area (Å²) >= 11 is 2.85. The van der Waals surface area contributed by atoms with E-state index >= 15 is 0 Å². The molecule has 2 rings (SSSR count). The number of hydrogen-bond acceptors (Lipinski definition) is 7. The number of hydrogen-bond donors (Lipinski definition) is 1. The molecule has 0 unspecified atom stereocenters. The van der Waals surface area contributed by atoms with Crippen LogP contribution in [0.2, 0.25) is 0 Å². The third kappa shape index (κ3) is 2.73. The molecule has 1 aliphatic rings. The number of carbonyl (C=O) groups excluding carboxylic acids is 1. The Bertz CT molecular complexity index is 394. The van der Waals surface area contributed by atoms with Gasteiger partial charge in [0.2, 0.25) is 5.13 Å². The number of aromatic nitrogens is 2. The summed E-state index contributed by atoms with van der Waals surface area (Å²) in [6, 6.07) is 0. The molecule has 1 saturated heterocycles. The molecule has 1 aliphatic heterocycles. The largest absolute Gasteiger partial charge is 0.465 e. The highest BCUT2D eigenvalue weighted by Crippen LogP contribution is 2.32. The Morgan fingerprint density at radius 3 is 3.25 bits per heavy atom. The summed E-state index contributed by atoms with van der Waals surface area (Å²) in [6.45, 7) is 4.77. The third-order valence-corrected chi connectivity index (χ3v) is 4.14. The number of ether oxygens (including phenoxy) is 1. The van der Waals surface area contributed by atoms with Crippen LogP contribution in [0, 0.1) is 0 Å². The minimum absolute atomic E-state index is 0.125. The van der Waals surface area contributed by atoms with E-state index in [2.05, 4.69) is 22.1 Å². The quantitative estimate of drug-likeness (QED) is 0.637. The van der Waals surface area contributed by atoms with Gasteiger partial charge in [0.15, 0.2) is 4.34 Å². The van der Waals surface area contributed by atoms with Crippen LogP contribution in [-0.4, -0.2) is 34.6 Å². The zero-order chi connectivity index (χ0) is 11.4. The van der Waals surface area contributed by atoms with Crippen LogP contribution in [0.4, 0.5) is 5.13 Å². The van der Waals surface area contributed by atoms with Crippen molar-refractivity contribution in [1.82, 2.24) is 10.2 Å². The fraction of sp³-hybridized carbons (Fsp3) is 0.444. The van der Waals surface area contributed by atoms with E-state index in [0.29, 0.717) is 13.2 Å². The van der Waals surface area contributed by atoms with Gasteiger partial charge in [-0.25, -0.2) is 0 Å². The average molecular weight is 257 g/mol. The summed E-state index contributed by atoms with van der Waals surface area (Å²) in [6.07, 6.45) is 2.50. The van der Waals surface area contributed by atoms with Crippen molar-refractivity contribution >= 4 is 34.2 Å². The number of cyclic esters (lactones) is 1. The van der Waals surface area contributed by atoms with Gasteiger partial charge in [-0.2, -0.15) is 0 Å². The third-order valence-electron chi connectivity index (χ3n) is 1.93. The molecule has 1 fully saturated rings. The van der Waals surface area contributed by atoms with Gasteiger partial charge < -0.3 is 10.1 Å². The normalized spacial score (nSPS) is 19.5. The molecule has 1 atom stereocenters. The lowest BCUT2D eigenvalue weighted by atomic mass is 10.4. The molecule has 16 heavy (non-hydrogen) atoms. The van der Waals surface area contributed by atoms with E-state index in [0.717, 1.165) is 15.9 Å². The van der Waals surface area contributed by atoms with E-state index in [-0.39, 0.29) is 11.2 Å². The maximum absolute atomic E-state index is 11.2. The maximum Gasteiger partial charge on any atom is 0.319 e. The first-order valence-corrected chi connectivity index (χ1v) is 6.51. The Morgan fingerprint density at radius 1 is 1.69 bits per heavy atom. The summed E-state index contributed by atoms with van der Waals surface area (Å²) in [5.41, 5.74) is 0. The highest BCUT2D eigenvalue weighted by molar-refractivity contribution is 8.02. The molecular formula is C9H11N3O2S2. The van der Waals surface area contributed by atoms with Crippen LogP contribution in [-0.2, 0) is 9.53 Å². The monoisotopic (exact) mass is 257 g/mol. The highest BCUT2D eigenvalue weighted by Gasteiger charge is 2.28. The van der Waals surface area contributed by atoms with E-state index in [4.69, 9.17) is 4.74 Å². The molecule has 1 aromatic heterocycles. The van der Waals surface area contributed by atoms with Crippen molar-refractivity contribution in [3.8, 4) is 0 Å². The Balaban J connectivity index is 1.91. The molecule has 0 amide bonds. The van der Waals surface area contributed by atoms with Gasteiger partial charge in [-0.1, -0.05) is 29.2 Å². The molecule has 0 spiro atoms. The van der Waals surface area contributed by atoms with Gasteiger partial charge >= 0.3 is 5.97 Å². The topological polar surface area (TPSA) is 64.1 Å². The number of nitrogens with zero attached hydrogens (tertiary/aromatic N) is 2. The van der Waals surface area contributed by atoms with Gasteiger partial charge in [0.25, 0.3) is 0 Å². The van der Waals surface area contributed by atoms with Gasteiger partial charge in [-0.05, 0) is 0 Å². The van der Waals surface area contributed by atoms with Crippen molar-refractivity contribution in [2.24, 2.45) is 0 Å². The fourth-order valence-electron chi connectivity index (χ4n) is 1.19. The van der Waals surface area contributed by atoms with Crippen molar-refractivity contribution in [1.29, 1.82) is 0 Å². The summed E-state index contributed by atoms with van der Waals surface area (Å²) in [5, 5.41) is 11.6. The first kappa shape index (κ1) is 11.4. The lowest BCUT2D eigenvalue weighted by Crippen LogP contribution is -2.08. The molecule has 1 aromatic rings. The molecule has 0 radical (unpaired) electrons. The molecule has 1 N–H and O–H groups in total. The van der Waals surface area contributed by atoms with Crippen molar-refractivity contribution in [3.63, 3.8) is 0 Å². The lowest BCUT2D eigenvalue weighted by Gasteiger charge is -1.99. The van der Waals surface area contributed by atoms with E-state index in [1.807, 2.05) is 0 Å². The molecule has 0 aliphatic carbocycles. The highest BCUT2D eigenvalue weighted by atomic mass is 32.2. The van der Waals surface area contributed by atoms with E-state index in [1.54, 1.807) is 6.08 Å². The minimum Gasteiger partial charge on any atom is -0.465 e. The van der Waals surface area contributed by atoms with E-state index in [9.17, 15) is 4.79 Å². The smallest absolute Gasteiger partial charge is 0.319 e. The summed E-state index contributed by atoms with van der Waals surface area (Å²) in [4.78, 5) is 11.2. The van der Waals surface area contributed by atoms with Gasteiger partial charge in [0, 0.05) is 13.0 Å². The molecule has 7 heteroatoms. The molecule has 0 bridgehead atoms. The van der Waals surface area contributed by atoms with Crippen LogP contribution >= 0.6 is 23.1 Å². The maximum atomic E-state index is 11.2. The Hall–Kier alpha value is -1.08. The SMILES string of the molecule is C=CCNc1nnc(S[C@H]2CCOC2=O)s1. The van der Waals surface area contributed by atoms with Crippen molar-refractivity contribution in [2.75, 3.05) is 18.5 Å². The number of nitrogens with one attached hydrogen (secondary N) is 1. The Labute approximate surface area is 101 Å². The van der Waals surface area contributed by atoms with Gasteiger partial charge in [-0.15, -0.1) is 16.8 Å². The van der Waals surface area contributed by atoms with Crippen molar-refractivity contribution < 1.29 is 9.53 Å². The van der Waals surface area contributed by atoms with E-state index < -0.39 is 0 Å². The summed E-state index contributed by atoms with van der Waals surface area (Å²) in [7, 11) is 0. The van der Waals surface area contributed by atoms with Crippen LogP contribution in [0.25, 0.3) is 0 Å². The number of thioether (sulfide) groups is 1. The first-order chi connectivity index (χ1) is 7.79. The molecule has 0 saturated carbocycles. The summed E-state index contributed by atoms with van der Waals surface area (Å²) < 4.78 is 5.66. The standard InChI is InChI=1S/C9H11N3O2S2/c1-2-4-10-8-11-12-9(16-8)15-6-3-5-14-7(6)13/h2,6H,1,3-5H2,(H,10,11)/t6-/m0/s1. The van der Waals surface area contributed by atoms with Crippen LogP contribution in [0.3, 0.4) is 0 Å². The van der Waals surface area contributed by atoms with E-state index in [1.165, 1.54) is 23.1 Å². The van der Waals surface area contributed by atoms with Crippen LogP contribution in [0.5, 0.6) is 0 Å². The van der Waals surface area contributed by atoms with Crippen molar-refractivity contribution in [3.05, 3.63) is 12.7 Å². The first-order valence-electron chi connectivity index (χ1n) is 4.81. The molecule has 86 valence electrons. The second-order valence-corrected chi connectivity index (χ2v) is 5.53. The number of carbonyl (C=O) groups is 1. The lowest BCUT2D eigenvalue weighted by molar-refractivity contribution is -0.137. The zero-order valence-corrected chi connectivity index (χ0v) is 10.1. The Morgan fingerprint density at radius 2 is 2.56 bits per heavy atom. The number of anilines is 1. The molecule has 5 nitrogen and oxygen atoms in total. The minimum atomic E-state index is -0.152. The predicted molar refractivity (Wildman–Crippen MR) is 63.8 cm³/mol. The zero-order valence-electron chi connectivity index (χ0n) is 8.51. The Kier molecular flexibility index (Phi) is 3.79. The second kappa shape index (κ2) is 5.31. The fourth-order valence-corrected chi connectivity index (χ4v) is 3.17. The predicted octanol–water partition coefficient (Wildman–Crippen LogP) is 1.54. The second-order valence-electron chi connectivity index (χ2n) is 3.11. The molecule has 2 heterocycles. The van der Waals surface area contributed by atoms with Gasteiger partial charge in [-0.3, -0.25) is 4.79 Å². The van der Waals surface area contributed by atoms with Crippen LogP contribution in [0.1, 0.15) is 6.42 Å².